The van der Waals surface area contributed by atoms with Gasteiger partial charge in [-0.05, 0) is 37.5 Å². The predicted molar refractivity (Wildman–Crippen MR) is 120 cm³/mol. The molecular formula is C23H36N4. The van der Waals surface area contributed by atoms with Crippen molar-refractivity contribution < 1.29 is 0 Å². The normalized spacial score (nSPS) is 20.7. The summed E-state index contributed by atoms with van der Waals surface area (Å²) in [6.07, 6.45) is 16.4. The molecule has 0 aromatic carbocycles. The van der Waals surface area contributed by atoms with Gasteiger partial charge in [0.25, 0.3) is 0 Å². The fraction of sp³-hybridized carbons (Fsp3) is 0.478. The van der Waals surface area contributed by atoms with Crippen LogP contribution < -0.4 is 5.32 Å². The standard InChI is InChI=1S/C23H36N4/c1-7-11-17-27(10-4)21(12-8-2)15-13-19(5)22-16-14-20(25-9-3)18-23(24-6)26-22/h9,12-16,22H,3,5,7-8,10-11,17-18H2,1-2,4,6H3,(H,24,26)/b15-13-,21-12+,25-20?. The SMILES string of the molecule is C=CN=C1C=CC(C(=C)/C=C\C(=C/CC)N(CC)CCCC)NC(=NC)C1. The fourth-order valence-electron chi connectivity index (χ4n) is 2.91. The van der Waals surface area contributed by atoms with Gasteiger partial charge in [0.2, 0.25) is 0 Å². The van der Waals surface area contributed by atoms with Crippen LogP contribution in [0.15, 0.2) is 71.0 Å². The van der Waals surface area contributed by atoms with Crippen molar-refractivity contribution in [3.63, 3.8) is 0 Å². The van der Waals surface area contributed by atoms with Crippen molar-refractivity contribution in [2.45, 2.75) is 52.5 Å². The van der Waals surface area contributed by atoms with Crippen LogP contribution in [0.2, 0.25) is 0 Å². The molecule has 1 unspecified atom stereocenters. The number of amidine groups is 1. The molecule has 0 saturated heterocycles. The Hall–Kier alpha value is -2.36. The molecule has 4 nitrogen and oxygen atoms in total. The van der Waals surface area contributed by atoms with E-state index in [9.17, 15) is 0 Å². The van der Waals surface area contributed by atoms with Gasteiger partial charge in [0, 0.05) is 44.2 Å². The van der Waals surface area contributed by atoms with E-state index in [1.165, 1.54) is 18.5 Å². The van der Waals surface area contributed by atoms with Crippen LogP contribution in [0.4, 0.5) is 0 Å². The lowest BCUT2D eigenvalue weighted by Crippen LogP contribution is -2.33. The molecule has 1 aliphatic heterocycles. The third kappa shape index (κ3) is 7.81. The zero-order chi connectivity index (χ0) is 20.1. The molecule has 148 valence electrons. The van der Waals surface area contributed by atoms with Gasteiger partial charge >= 0.3 is 0 Å². The highest BCUT2D eigenvalue weighted by molar-refractivity contribution is 6.10. The van der Waals surface area contributed by atoms with Gasteiger partial charge in [0.05, 0.1) is 6.04 Å². The van der Waals surface area contributed by atoms with Crippen molar-refractivity contribution in [2.75, 3.05) is 20.1 Å². The Bertz CT molecular complexity index is 635. The lowest BCUT2D eigenvalue weighted by Gasteiger charge is -2.24. The summed E-state index contributed by atoms with van der Waals surface area (Å²) in [6.45, 7) is 16.7. The Morgan fingerprint density at radius 1 is 1.33 bits per heavy atom. The van der Waals surface area contributed by atoms with Crippen molar-refractivity contribution in [3.05, 3.63) is 61.0 Å². The van der Waals surface area contributed by atoms with E-state index < -0.39 is 0 Å². The van der Waals surface area contributed by atoms with Crippen LogP contribution in [0.25, 0.3) is 0 Å². The van der Waals surface area contributed by atoms with Crippen LogP contribution >= 0.6 is 0 Å². The van der Waals surface area contributed by atoms with Crippen molar-refractivity contribution in [1.29, 1.82) is 0 Å². The molecule has 0 aromatic rings. The first-order valence-electron chi connectivity index (χ1n) is 9.99. The number of aliphatic imine (C=N–C) groups is 2. The summed E-state index contributed by atoms with van der Waals surface area (Å²) < 4.78 is 0. The van der Waals surface area contributed by atoms with E-state index in [0.29, 0.717) is 6.42 Å². The lowest BCUT2D eigenvalue weighted by molar-refractivity contribution is 0.364. The van der Waals surface area contributed by atoms with Crippen molar-refractivity contribution in [1.82, 2.24) is 10.2 Å². The molecule has 0 spiro atoms. The molecule has 1 N–H and O–H groups in total. The maximum atomic E-state index is 4.34. The van der Waals surface area contributed by atoms with Crippen molar-refractivity contribution in [3.8, 4) is 0 Å². The fourth-order valence-corrected chi connectivity index (χ4v) is 2.91. The Morgan fingerprint density at radius 3 is 2.70 bits per heavy atom. The summed E-state index contributed by atoms with van der Waals surface area (Å²) in [5, 5.41) is 3.45. The van der Waals surface area contributed by atoms with Gasteiger partial charge in [-0.1, -0.05) is 51.7 Å². The highest BCUT2D eigenvalue weighted by atomic mass is 15.1. The average Bonchev–Trinajstić information content (AvgIpc) is 2.89. The Balaban J connectivity index is 2.95. The number of nitrogens with one attached hydrogen (secondary N) is 1. The molecule has 0 aliphatic carbocycles. The first-order valence-corrected chi connectivity index (χ1v) is 9.99. The zero-order valence-corrected chi connectivity index (χ0v) is 17.5. The summed E-state index contributed by atoms with van der Waals surface area (Å²) in [4.78, 5) is 11.1. The molecule has 1 aliphatic rings. The van der Waals surface area contributed by atoms with E-state index in [4.69, 9.17) is 0 Å². The van der Waals surface area contributed by atoms with Crippen LogP contribution in [0.1, 0.15) is 46.5 Å². The van der Waals surface area contributed by atoms with E-state index in [2.05, 4.69) is 78.4 Å². The maximum Gasteiger partial charge on any atom is 0.103 e. The average molecular weight is 369 g/mol. The van der Waals surface area contributed by atoms with Gasteiger partial charge in [0.15, 0.2) is 0 Å². The third-order valence-electron chi connectivity index (χ3n) is 4.49. The smallest absolute Gasteiger partial charge is 0.103 e. The van der Waals surface area contributed by atoms with Gasteiger partial charge in [-0.3, -0.25) is 9.98 Å². The molecular weight excluding hydrogens is 332 g/mol. The molecule has 0 radical (unpaired) electrons. The molecule has 0 amide bonds. The second-order valence-electron chi connectivity index (χ2n) is 6.51. The predicted octanol–water partition coefficient (Wildman–Crippen LogP) is 5.05. The first kappa shape index (κ1) is 22.7. The van der Waals surface area contributed by atoms with Crippen LogP contribution in [-0.4, -0.2) is 42.6 Å². The van der Waals surface area contributed by atoms with Crippen LogP contribution in [-0.2, 0) is 0 Å². The van der Waals surface area contributed by atoms with Crippen LogP contribution in [0.5, 0.6) is 0 Å². The molecule has 0 saturated carbocycles. The minimum atomic E-state index is 0.00561. The van der Waals surface area contributed by atoms with E-state index >= 15 is 0 Å². The number of hydrogen-bond acceptors (Lipinski definition) is 3. The Kier molecular flexibility index (Phi) is 10.8. The molecule has 1 atom stereocenters. The van der Waals surface area contributed by atoms with Crippen LogP contribution in [0.3, 0.4) is 0 Å². The summed E-state index contributed by atoms with van der Waals surface area (Å²) in [5.74, 6) is 0.905. The van der Waals surface area contributed by atoms with Gasteiger partial charge in [-0.2, -0.15) is 0 Å². The minimum Gasteiger partial charge on any atom is -0.372 e. The van der Waals surface area contributed by atoms with E-state index in [-0.39, 0.29) is 6.04 Å². The summed E-state index contributed by atoms with van der Waals surface area (Å²) in [7, 11) is 1.80. The molecule has 0 fully saturated rings. The third-order valence-corrected chi connectivity index (χ3v) is 4.49. The van der Waals surface area contributed by atoms with E-state index in [1.54, 1.807) is 13.2 Å². The van der Waals surface area contributed by atoms with E-state index in [1.807, 2.05) is 6.08 Å². The molecule has 0 bridgehead atoms. The van der Waals surface area contributed by atoms with Crippen molar-refractivity contribution in [2.24, 2.45) is 9.98 Å². The van der Waals surface area contributed by atoms with Gasteiger partial charge in [0.1, 0.15) is 5.84 Å². The Labute approximate surface area is 165 Å². The topological polar surface area (TPSA) is 40.0 Å². The quantitative estimate of drug-likeness (QED) is 0.548. The number of rotatable bonds is 10. The highest BCUT2D eigenvalue weighted by Gasteiger charge is 2.15. The molecule has 27 heavy (non-hydrogen) atoms. The van der Waals surface area contributed by atoms with Crippen molar-refractivity contribution >= 4 is 11.5 Å². The molecule has 0 aromatic heterocycles. The second kappa shape index (κ2) is 12.9. The molecule has 4 heteroatoms. The largest absolute Gasteiger partial charge is 0.372 e. The lowest BCUT2D eigenvalue weighted by atomic mass is 10.1. The zero-order valence-electron chi connectivity index (χ0n) is 17.5. The Morgan fingerprint density at radius 2 is 2.11 bits per heavy atom. The summed E-state index contributed by atoms with van der Waals surface area (Å²) in [5.41, 5.74) is 3.21. The van der Waals surface area contributed by atoms with Gasteiger partial charge < -0.3 is 10.2 Å². The first-order chi connectivity index (χ1) is 13.1. The van der Waals surface area contributed by atoms with E-state index in [0.717, 1.165) is 36.6 Å². The summed E-state index contributed by atoms with van der Waals surface area (Å²) >= 11 is 0. The monoisotopic (exact) mass is 368 g/mol. The molecule has 1 heterocycles. The van der Waals surface area contributed by atoms with Crippen LogP contribution in [0, 0.1) is 0 Å². The number of allylic oxidation sites excluding steroid dienone is 3. The highest BCUT2D eigenvalue weighted by Crippen LogP contribution is 2.14. The molecule has 1 rings (SSSR count). The number of hydrogen-bond donors (Lipinski definition) is 1. The second-order valence-corrected chi connectivity index (χ2v) is 6.51. The van der Waals surface area contributed by atoms with Gasteiger partial charge in [-0.15, -0.1) is 0 Å². The maximum absolute atomic E-state index is 4.34. The number of nitrogens with zero attached hydrogens (tertiary/aromatic N) is 3. The number of unbranched alkanes of at least 4 members (excludes halogenated alkanes) is 1. The van der Waals surface area contributed by atoms with Gasteiger partial charge in [-0.25, -0.2) is 0 Å². The number of likely N-dealkylation sites (N-methyl/N-ethyl adjacent to an activating group) is 1. The minimum absolute atomic E-state index is 0.00561. The summed E-state index contributed by atoms with van der Waals surface area (Å²) in [6, 6.07) is 0.00561.